The van der Waals surface area contributed by atoms with E-state index in [2.05, 4.69) is 9.71 Å². The number of halogens is 2. The van der Waals surface area contributed by atoms with E-state index in [0.717, 1.165) is 5.56 Å². The summed E-state index contributed by atoms with van der Waals surface area (Å²) in [7, 11) is -3.83. The van der Waals surface area contributed by atoms with E-state index in [0.29, 0.717) is 0 Å². The van der Waals surface area contributed by atoms with E-state index in [1.54, 1.807) is 31.5 Å². The summed E-state index contributed by atoms with van der Waals surface area (Å²) in [6.45, 7) is 1.71. The van der Waals surface area contributed by atoms with E-state index >= 15 is 0 Å². The van der Waals surface area contributed by atoms with Gasteiger partial charge < -0.3 is 5.73 Å². The van der Waals surface area contributed by atoms with Crippen LogP contribution in [0.2, 0.25) is 10.0 Å². The summed E-state index contributed by atoms with van der Waals surface area (Å²) in [6.07, 6.45) is 3.20. The lowest BCUT2D eigenvalue weighted by molar-refractivity contribution is 0.566. The lowest BCUT2D eigenvalue weighted by atomic mass is 10.2. The summed E-state index contributed by atoms with van der Waals surface area (Å²) < 4.78 is 27.3. The number of nitrogen functional groups attached to an aromatic ring is 1. The molecule has 0 amide bonds. The van der Waals surface area contributed by atoms with Crippen molar-refractivity contribution >= 4 is 38.9 Å². The summed E-state index contributed by atoms with van der Waals surface area (Å²) in [4.78, 5) is 3.84. The van der Waals surface area contributed by atoms with Gasteiger partial charge in [-0.2, -0.15) is 0 Å². The summed E-state index contributed by atoms with van der Waals surface area (Å²) in [5.41, 5.74) is 6.43. The van der Waals surface area contributed by atoms with Gasteiger partial charge in [-0.05, 0) is 30.7 Å². The highest BCUT2D eigenvalue weighted by Crippen LogP contribution is 2.33. The third-order valence-electron chi connectivity index (χ3n) is 2.90. The van der Waals surface area contributed by atoms with Gasteiger partial charge in [0.15, 0.2) is 0 Å². The van der Waals surface area contributed by atoms with Crippen LogP contribution in [0, 0.1) is 0 Å². The monoisotopic (exact) mass is 345 g/mol. The van der Waals surface area contributed by atoms with E-state index in [-0.39, 0.29) is 20.6 Å². The zero-order valence-electron chi connectivity index (χ0n) is 11.0. The first-order valence-electron chi connectivity index (χ1n) is 5.98. The number of rotatable bonds is 4. The Morgan fingerprint density at radius 2 is 2.00 bits per heavy atom. The van der Waals surface area contributed by atoms with Crippen LogP contribution in [0.4, 0.5) is 5.69 Å². The minimum absolute atomic E-state index is 0.0373. The topological polar surface area (TPSA) is 85.1 Å². The summed E-state index contributed by atoms with van der Waals surface area (Å²) in [5, 5.41) is 0.118. The van der Waals surface area contributed by atoms with Crippen molar-refractivity contribution in [3.05, 3.63) is 52.3 Å². The molecule has 2 rings (SSSR count). The number of pyridine rings is 1. The highest BCUT2D eigenvalue weighted by Gasteiger charge is 2.23. The fourth-order valence-corrected chi connectivity index (χ4v) is 3.75. The van der Waals surface area contributed by atoms with Crippen LogP contribution in [-0.4, -0.2) is 13.4 Å². The molecule has 21 heavy (non-hydrogen) atoms. The van der Waals surface area contributed by atoms with Gasteiger partial charge in [0.2, 0.25) is 10.0 Å². The molecule has 1 heterocycles. The highest BCUT2D eigenvalue weighted by molar-refractivity contribution is 7.89. The number of nitrogens with two attached hydrogens (primary N) is 1. The first-order chi connectivity index (χ1) is 9.83. The molecule has 1 aromatic carbocycles. The molecule has 0 fully saturated rings. The molecule has 1 aromatic heterocycles. The molecule has 1 unspecified atom stereocenters. The number of aromatic nitrogens is 1. The molecule has 0 spiro atoms. The molecule has 0 aliphatic heterocycles. The predicted molar refractivity (Wildman–Crippen MR) is 83.8 cm³/mol. The number of anilines is 1. The molecule has 0 radical (unpaired) electrons. The van der Waals surface area contributed by atoms with E-state index in [4.69, 9.17) is 28.9 Å². The Bertz CT molecular complexity index is 752. The third-order valence-corrected chi connectivity index (χ3v) is 5.33. The van der Waals surface area contributed by atoms with Crippen LogP contribution in [0.5, 0.6) is 0 Å². The van der Waals surface area contributed by atoms with Crippen molar-refractivity contribution in [2.45, 2.75) is 17.9 Å². The summed E-state index contributed by atoms with van der Waals surface area (Å²) >= 11 is 11.8. The molecule has 8 heteroatoms. The molecule has 1 atom stereocenters. The normalized spacial score (nSPS) is 13.1. The van der Waals surface area contributed by atoms with Crippen molar-refractivity contribution in [2.24, 2.45) is 0 Å². The SMILES string of the molecule is CC(NS(=O)(=O)c1ccc(Cl)c(N)c1Cl)c1cccnc1. The number of hydrogen-bond acceptors (Lipinski definition) is 4. The van der Waals surface area contributed by atoms with Gasteiger partial charge in [-0.15, -0.1) is 0 Å². The molecular formula is C13H13Cl2N3O2S. The van der Waals surface area contributed by atoms with E-state index in [9.17, 15) is 8.42 Å². The van der Waals surface area contributed by atoms with E-state index in [1.165, 1.54) is 12.1 Å². The molecule has 0 saturated heterocycles. The maximum Gasteiger partial charge on any atom is 0.242 e. The van der Waals surface area contributed by atoms with Gasteiger partial charge in [-0.3, -0.25) is 4.98 Å². The predicted octanol–water partition coefficient (Wildman–Crippen LogP) is 3.01. The standard InChI is InChI=1S/C13H13Cl2N3O2S/c1-8(9-3-2-6-17-7-9)18-21(19,20)11-5-4-10(14)13(16)12(11)15/h2-8,18H,16H2,1H3. The lowest BCUT2D eigenvalue weighted by Gasteiger charge is -2.15. The molecule has 0 saturated carbocycles. The van der Waals surface area contributed by atoms with Crippen molar-refractivity contribution in [1.29, 1.82) is 0 Å². The zero-order valence-corrected chi connectivity index (χ0v) is 13.4. The fraction of sp³-hybridized carbons (Fsp3) is 0.154. The maximum absolute atomic E-state index is 12.4. The van der Waals surface area contributed by atoms with Crippen LogP contribution in [0.25, 0.3) is 0 Å². The molecular weight excluding hydrogens is 333 g/mol. The van der Waals surface area contributed by atoms with Crippen molar-refractivity contribution < 1.29 is 8.42 Å². The van der Waals surface area contributed by atoms with Gasteiger partial charge in [0, 0.05) is 18.4 Å². The van der Waals surface area contributed by atoms with Crippen LogP contribution >= 0.6 is 23.2 Å². The average molecular weight is 346 g/mol. The smallest absolute Gasteiger partial charge is 0.242 e. The van der Waals surface area contributed by atoms with E-state index < -0.39 is 16.1 Å². The largest absolute Gasteiger partial charge is 0.396 e. The Labute approximate surface area is 133 Å². The van der Waals surface area contributed by atoms with E-state index in [1.807, 2.05) is 0 Å². The number of hydrogen-bond donors (Lipinski definition) is 2. The Kier molecular flexibility index (Phi) is 4.73. The van der Waals surface area contributed by atoms with Crippen LogP contribution in [-0.2, 0) is 10.0 Å². The Balaban J connectivity index is 2.33. The summed E-state index contributed by atoms with van der Waals surface area (Å²) in [6, 6.07) is 5.76. The van der Waals surface area contributed by atoms with Gasteiger partial charge in [-0.1, -0.05) is 29.3 Å². The van der Waals surface area contributed by atoms with Gasteiger partial charge in [-0.25, -0.2) is 13.1 Å². The molecule has 0 bridgehead atoms. The lowest BCUT2D eigenvalue weighted by Crippen LogP contribution is -2.27. The molecule has 5 nitrogen and oxygen atoms in total. The number of sulfonamides is 1. The quantitative estimate of drug-likeness (QED) is 0.834. The highest BCUT2D eigenvalue weighted by atomic mass is 35.5. The molecule has 112 valence electrons. The van der Waals surface area contributed by atoms with Crippen LogP contribution in [0.3, 0.4) is 0 Å². The third kappa shape index (κ3) is 3.47. The minimum Gasteiger partial charge on any atom is -0.396 e. The Morgan fingerprint density at radius 3 is 2.62 bits per heavy atom. The van der Waals surface area contributed by atoms with Crippen molar-refractivity contribution in [3.63, 3.8) is 0 Å². The van der Waals surface area contributed by atoms with Gasteiger partial charge in [0.05, 0.1) is 15.7 Å². The maximum atomic E-state index is 12.4. The van der Waals surface area contributed by atoms with Gasteiger partial charge >= 0.3 is 0 Å². The summed E-state index contributed by atoms with van der Waals surface area (Å²) in [5.74, 6) is 0. The number of benzene rings is 1. The van der Waals surface area contributed by atoms with Gasteiger partial charge in [0.1, 0.15) is 4.90 Å². The van der Waals surface area contributed by atoms with Crippen molar-refractivity contribution in [3.8, 4) is 0 Å². The first-order valence-corrected chi connectivity index (χ1v) is 8.22. The first kappa shape index (κ1) is 16.0. The van der Waals surface area contributed by atoms with Gasteiger partial charge in [0.25, 0.3) is 0 Å². The second kappa shape index (κ2) is 6.19. The zero-order chi connectivity index (χ0) is 15.6. The minimum atomic E-state index is -3.83. The number of nitrogens with one attached hydrogen (secondary N) is 1. The molecule has 3 N–H and O–H groups in total. The fourth-order valence-electron chi connectivity index (χ4n) is 1.75. The second-order valence-electron chi connectivity index (χ2n) is 4.40. The molecule has 2 aromatic rings. The Morgan fingerprint density at radius 1 is 1.29 bits per heavy atom. The van der Waals surface area contributed by atoms with Crippen molar-refractivity contribution in [2.75, 3.05) is 5.73 Å². The average Bonchev–Trinajstić information content (AvgIpc) is 2.45. The van der Waals surface area contributed by atoms with Crippen LogP contribution in [0.1, 0.15) is 18.5 Å². The van der Waals surface area contributed by atoms with Crippen LogP contribution in [0.15, 0.2) is 41.6 Å². The molecule has 0 aliphatic carbocycles. The number of nitrogens with zero attached hydrogens (tertiary/aromatic N) is 1. The second-order valence-corrected chi connectivity index (χ2v) is 6.87. The molecule has 0 aliphatic rings. The van der Waals surface area contributed by atoms with Crippen LogP contribution < -0.4 is 10.5 Å². The van der Waals surface area contributed by atoms with Crippen molar-refractivity contribution in [1.82, 2.24) is 9.71 Å². The Hall–Kier alpha value is -1.34.